The van der Waals surface area contributed by atoms with Gasteiger partial charge in [-0.2, -0.15) is 0 Å². The number of carbonyl (C=O) groups excluding carboxylic acids is 3. The zero-order valence-corrected chi connectivity index (χ0v) is 23.6. The Bertz CT molecular complexity index is 1450. The third-order valence-electron chi connectivity index (χ3n) is 9.19. The summed E-state index contributed by atoms with van der Waals surface area (Å²) in [6.07, 6.45) is -0.235. The fraction of sp³-hybridized carbons (Fsp3) is 0.452. The number of aliphatic hydroxyl groups is 3. The van der Waals surface area contributed by atoms with E-state index in [1.165, 1.54) is 6.07 Å². The standard InChI is InChI=1S/C31H37N3O7/c1-5-14(2)33-17-8-6-15(7-9-17)18-10-11-21(35)23-19(18)12-16-13-20-25(34(3)4)27(37)24(30(32)40)29(39)31(20,41)28(38)22(16)26(23)36/h6-11,14,16,20,24-25,27,33,35-37,41H,5,12-13H2,1-4H3,(H2,32,40)/t14?,16-,20-,24+,25-,27?,31-/m0/s1. The van der Waals surface area contributed by atoms with Crippen LogP contribution in [0.25, 0.3) is 16.9 Å². The van der Waals surface area contributed by atoms with Crippen molar-refractivity contribution in [3.05, 3.63) is 53.1 Å². The maximum Gasteiger partial charge on any atom is 0.230 e. The zero-order valence-electron chi connectivity index (χ0n) is 23.6. The van der Waals surface area contributed by atoms with Crippen molar-refractivity contribution in [2.75, 3.05) is 19.4 Å². The fourth-order valence-corrected chi connectivity index (χ4v) is 7.01. The number of Topliss-reactive ketones (excluding diaryl/α,β-unsaturated/α-hetero) is 2. The number of nitrogens with two attached hydrogens (primary N) is 1. The van der Waals surface area contributed by atoms with Gasteiger partial charge in [0, 0.05) is 29.3 Å². The number of nitrogens with one attached hydrogen (secondary N) is 1. The van der Waals surface area contributed by atoms with E-state index in [0.29, 0.717) is 11.6 Å². The number of hydrogen-bond donors (Lipinski definition) is 6. The molecule has 0 bridgehead atoms. The van der Waals surface area contributed by atoms with Gasteiger partial charge in [0.15, 0.2) is 11.4 Å². The number of aliphatic hydroxyl groups excluding tert-OH is 2. The molecule has 2 aromatic carbocycles. The summed E-state index contributed by atoms with van der Waals surface area (Å²) in [5.74, 6) is -7.54. The molecular formula is C31H37N3O7. The van der Waals surface area contributed by atoms with Crippen LogP contribution in [-0.4, -0.2) is 80.7 Å². The molecule has 2 unspecified atom stereocenters. The van der Waals surface area contributed by atoms with Gasteiger partial charge in [-0.3, -0.25) is 14.4 Å². The molecule has 5 rings (SSSR count). The number of amides is 1. The van der Waals surface area contributed by atoms with Gasteiger partial charge in [0.2, 0.25) is 11.7 Å². The van der Waals surface area contributed by atoms with Crippen LogP contribution in [-0.2, 0) is 20.8 Å². The summed E-state index contributed by atoms with van der Waals surface area (Å²) in [6, 6.07) is 10.4. The lowest BCUT2D eigenvalue weighted by Crippen LogP contribution is -2.73. The minimum atomic E-state index is -2.67. The average molecular weight is 564 g/mol. The van der Waals surface area contributed by atoms with E-state index < -0.39 is 58.7 Å². The quantitative estimate of drug-likeness (QED) is 0.287. The van der Waals surface area contributed by atoms with Crippen molar-refractivity contribution in [3.8, 4) is 16.9 Å². The number of nitrogens with zero attached hydrogens (tertiary/aromatic N) is 1. The zero-order chi connectivity index (χ0) is 30.0. The van der Waals surface area contributed by atoms with Gasteiger partial charge in [-0.1, -0.05) is 25.1 Å². The van der Waals surface area contributed by atoms with Crippen LogP contribution >= 0.6 is 0 Å². The van der Waals surface area contributed by atoms with Gasteiger partial charge in [0.25, 0.3) is 0 Å². The molecule has 0 aromatic heterocycles. The summed E-state index contributed by atoms with van der Waals surface area (Å²) < 4.78 is 0. The third kappa shape index (κ3) is 4.32. The number of phenolic OH excluding ortho intramolecular Hbond substituents is 1. The van der Waals surface area contributed by atoms with Crippen molar-refractivity contribution >= 4 is 28.9 Å². The molecular weight excluding hydrogens is 526 g/mol. The summed E-state index contributed by atoms with van der Waals surface area (Å²) in [5, 5.41) is 48.5. The molecule has 2 aromatic rings. The van der Waals surface area contributed by atoms with E-state index >= 15 is 0 Å². The number of likely N-dealkylation sites (N-methyl/N-ethyl adjacent to an activating group) is 1. The molecule has 10 heteroatoms. The van der Waals surface area contributed by atoms with Gasteiger partial charge in [-0.25, -0.2) is 0 Å². The number of aromatic hydroxyl groups is 1. The van der Waals surface area contributed by atoms with E-state index in [-0.39, 0.29) is 29.7 Å². The summed E-state index contributed by atoms with van der Waals surface area (Å²) in [4.78, 5) is 41.2. The summed E-state index contributed by atoms with van der Waals surface area (Å²) in [6.45, 7) is 4.19. The molecule has 0 heterocycles. The van der Waals surface area contributed by atoms with Crippen molar-refractivity contribution < 1.29 is 34.8 Å². The van der Waals surface area contributed by atoms with E-state index in [2.05, 4.69) is 19.2 Å². The molecule has 41 heavy (non-hydrogen) atoms. The Balaban J connectivity index is 1.62. The Hall–Kier alpha value is -3.73. The van der Waals surface area contributed by atoms with Crippen molar-refractivity contribution in [1.29, 1.82) is 0 Å². The first-order chi connectivity index (χ1) is 19.3. The van der Waals surface area contributed by atoms with Crippen molar-refractivity contribution in [3.63, 3.8) is 0 Å². The van der Waals surface area contributed by atoms with Gasteiger partial charge in [0.1, 0.15) is 17.4 Å². The maximum absolute atomic E-state index is 14.0. The SMILES string of the molecule is CCC(C)Nc1ccc(-c2ccc(O)c3c2C[C@H]2C[C@H]4[C@H](N(C)C)C(O)[C@@H](C(N)=O)C(=O)[C@@]4(O)C(=O)C2=C3O)cc1. The molecule has 2 saturated carbocycles. The predicted molar refractivity (Wildman–Crippen MR) is 153 cm³/mol. The average Bonchev–Trinajstić information content (AvgIpc) is 2.91. The lowest BCUT2D eigenvalue weighted by molar-refractivity contribution is -0.184. The van der Waals surface area contributed by atoms with E-state index in [1.807, 2.05) is 24.3 Å². The summed E-state index contributed by atoms with van der Waals surface area (Å²) in [5.41, 5.74) is 5.89. The molecule has 0 radical (unpaired) electrons. The molecule has 0 aliphatic heterocycles. The molecule has 1 amide bonds. The van der Waals surface area contributed by atoms with Gasteiger partial charge in [-0.15, -0.1) is 0 Å². The highest BCUT2D eigenvalue weighted by Crippen LogP contribution is 2.53. The second-order valence-corrected chi connectivity index (χ2v) is 11.8. The second-order valence-electron chi connectivity index (χ2n) is 11.8. The normalized spacial score (nSPS) is 30.0. The number of anilines is 1. The van der Waals surface area contributed by atoms with Crippen LogP contribution in [0.15, 0.2) is 42.0 Å². The van der Waals surface area contributed by atoms with Crippen LogP contribution in [0.3, 0.4) is 0 Å². The summed E-state index contributed by atoms with van der Waals surface area (Å²) >= 11 is 0. The first kappa shape index (κ1) is 28.8. The Kier molecular flexibility index (Phi) is 7.21. The van der Waals surface area contributed by atoms with Crippen molar-refractivity contribution in [1.82, 2.24) is 4.90 Å². The maximum atomic E-state index is 14.0. The predicted octanol–water partition coefficient (Wildman–Crippen LogP) is 2.01. The lowest BCUT2D eigenvalue weighted by atomic mass is 9.54. The molecule has 7 atom stereocenters. The minimum Gasteiger partial charge on any atom is -0.507 e. The topological polar surface area (TPSA) is 173 Å². The first-order valence-electron chi connectivity index (χ1n) is 13.9. The smallest absolute Gasteiger partial charge is 0.230 e. The number of hydrogen-bond acceptors (Lipinski definition) is 9. The lowest BCUT2D eigenvalue weighted by Gasteiger charge is -2.53. The van der Waals surface area contributed by atoms with Crippen molar-refractivity contribution in [2.45, 2.75) is 56.9 Å². The number of carbonyl (C=O) groups is 3. The highest BCUT2D eigenvalue weighted by atomic mass is 16.3. The van der Waals surface area contributed by atoms with Crippen molar-refractivity contribution in [2.24, 2.45) is 23.5 Å². The van der Waals surface area contributed by atoms with Crippen LogP contribution in [0.2, 0.25) is 0 Å². The van der Waals surface area contributed by atoms with Gasteiger partial charge < -0.3 is 36.4 Å². The van der Waals surface area contributed by atoms with E-state index in [0.717, 1.165) is 23.2 Å². The number of primary amides is 1. The largest absolute Gasteiger partial charge is 0.507 e. The van der Waals surface area contributed by atoms with Crippen LogP contribution < -0.4 is 11.1 Å². The molecule has 0 saturated heterocycles. The van der Waals surface area contributed by atoms with Crippen LogP contribution in [0.5, 0.6) is 5.75 Å². The molecule has 3 aliphatic carbocycles. The third-order valence-corrected chi connectivity index (χ3v) is 9.19. The Morgan fingerprint density at radius 1 is 1.15 bits per heavy atom. The first-order valence-corrected chi connectivity index (χ1v) is 13.9. The van der Waals surface area contributed by atoms with Crippen LogP contribution in [0.1, 0.15) is 37.8 Å². The summed E-state index contributed by atoms with van der Waals surface area (Å²) in [7, 11) is 3.25. The Morgan fingerprint density at radius 2 is 1.80 bits per heavy atom. The van der Waals surface area contributed by atoms with E-state index in [4.69, 9.17) is 5.73 Å². The molecule has 218 valence electrons. The van der Waals surface area contributed by atoms with E-state index in [1.54, 1.807) is 25.1 Å². The molecule has 7 N–H and O–H groups in total. The number of rotatable bonds is 6. The second kappa shape index (κ2) is 10.3. The Labute approximate surface area is 238 Å². The van der Waals surface area contributed by atoms with Gasteiger partial charge in [0.05, 0.1) is 11.7 Å². The van der Waals surface area contributed by atoms with E-state index in [9.17, 15) is 34.8 Å². The molecule has 2 fully saturated rings. The fourth-order valence-electron chi connectivity index (χ4n) is 7.01. The highest BCUT2D eigenvalue weighted by molar-refractivity contribution is 6.25. The molecule has 3 aliphatic rings. The van der Waals surface area contributed by atoms with Gasteiger partial charge >= 0.3 is 0 Å². The number of benzene rings is 2. The van der Waals surface area contributed by atoms with Crippen LogP contribution in [0.4, 0.5) is 5.69 Å². The molecule has 0 spiro atoms. The monoisotopic (exact) mass is 563 g/mol. The van der Waals surface area contributed by atoms with Gasteiger partial charge in [-0.05, 0) is 81.1 Å². The number of ketones is 2. The molecule has 10 nitrogen and oxygen atoms in total. The minimum absolute atomic E-state index is 0.0739. The van der Waals surface area contributed by atoms with Crippen LogP contribution in [0, 0.1) is 17.8 Å². The number of phenols is 1. The number of fused-ring (bicyclic) bond motifs is 3. The highest BCUT2D eigenvalue weighted by Gasteiger charge is 2.67. The Morgan fingerprint density at radius 3 is 2.39 bits per heavy atom.